The van der Waals surface area contributed by atoms with Crippen LogP contribution < -0.4 is 4.90 Å². The zero-order valence-corrected chi connectivity index (χ0v) is 17.5. The van der Waals surface area contributed by atoms with Gasteiger partial charge in [-0.3, -0.25) is 4.90 Å². The zero-order valence-electron chi connectivity index (χ0n) is 17.5. The second-order valence-electron chi connectivity index (χ2n) is 7.82. The molecule has 0 spiro atoms. The zero-order chi connectivity index (χ0) is 20.9. The number of hydrogen-bond donors (Lipinski definition) is 0. The van der Waals surface area contributed by atoms with Crippen molar-refractivity contribution in [2.75, 3.05) is 37.6 Å². The number of fused-ring (bicyclic) bond motifs is 1. The molecule has 31 heavy (non-hydrogen) atoms. The SMILES string of the molecule is C(=C/c1ccccc1)/CN1CCN(c2ncnc3c2cnn3Cc2ccccc2)CC1. The Kier molecular flexibility index (Phi) is 5.71. The summed E-state index contributed by atoms with van der Waals surface area (Å²) in [7, 11) is 0. The summed E-state index contributed by atoms with van der Waals surface area (Å²) in [5.41, 5.74) is 3.35. The average molecular weight is 411 g/mol. The minimum Gasteiger partial charge on any atom is -0.353 e. The Morgan fingerprint density at radius 2 is 1.58 bits per heavy atom. The Morgan fingerprint density at radius 3 is 2.35 bits per heavy atom. The van der Waals surface area contributed by atoms with Crippen LogP contribution in [-0.4, -0.2) is 57.4 Å². The van der Waals surface area contributed by atoms with Crippen LogP contribution in [0.4, 0.5) is 5.82 Å². The summed E-state index contributed by atoms with van der Waals surface area (Å²) in [6, 6.07) is 20.8. The van der Waals surface area contributed by atoms with Crippen LogP contribution in [0.5, 0.6) is 0 Å². The van der Waals surface area contributed by atoms with Crippen LogP contribution in [0.15, 0.2) is 79.3 Å². The van der Waals surface area contributed by atoms with Crippen LogP contribution >= 0.6 is 0 Å². The van der Waals surface area contributed by atoms with Gasteiger partial charge in [0.2, 0.25) is 0 Å². The van der Waals surface area contributed by atoms with E-state index >= 15 is 0 Å². The maximum Gasteiger partial charge on any atom is 0.163 e. The monoisotopic (exact) mass is 410 g/mol. The first-order valence-electron chi connectivity index (χ1n) is 10.8. The summed E-state index contributed by atoms with van der Waals surface area (Å²) in [5, 5.41) is 5.62. The molecule has 156 valence electrons. The largest absolute Gasteiger partial charge is 0.353 e. The maximum atomic E-state index is 4.61. The maximum absolute atomic E-state index is 4.61. The lowest BCUT2D eigenvalue weighted by atomic mass is 10.2. The molecular formula is C25H26N6. The molecule has 0 amide bonds. The van der Waals surface area contributed by atoms with Gasteiger partial charge in [0.15, 0.2) is 5.65 Å². The van der Waals surface area contributed by atoms with E-state index in [4.69, 9.17) is 0 Å². The number of hydrogen-bond acceptors (Lipinski definition) is 5. The molecule has 1 saturated heterocycles. The second-order valence-corrected chi connectivity index (χ2v) is 7.82. The van der Waals surface area contributed by atoms with Crippen molar-refractivity contribution < 1.29 is 0 Å². The summed E-state index contributed by atoms with van der Waals surface area (Å²) < 4.78 is 1.96. The predicted molar refractivity (Wildman–Crippen MR) is 125 cm³/mol. The van der Waals surface area contributed by atoms with E-state index < -0.39 is 0 Å². The van der Waals surface area contributed by atoms with Crippen molar-refractivity contribution in [1.82, 2.24) is 24.6 Å². The Balaban J connectivity index is 1.24. The first-order chi connectivity index (χ1) is 15.4. The lowest BCUT2D eigenvalue weighted by Crippen LogP contribution is -2.46. The van der Waals surface area contributed by atoms with Gasteiger partial charge in [-0.1, -0.05) is 72.8 Å². The highest BCUT2D eigenvalue weighted by Gasteiger charge is 2.20. The van der Waals surface area contributed by atoms with E-state index in [0.717, 1.165) is 49.6 Å². The molecule has 0 aliphatic carbocycles. The van der Waals surface area contributed by atoms with Crippen LogP contribution in [0, 0.1) is 0 Å². The third kappa shape index (κ3) is 4.49. The first kappa shape index (κ1) is 19.5. The third-order valence-electron chi connectivity index (χ3n) is 5.73. The molecule has 0 atom stereocenters. The molecule has 0 saturated carbocycles. The van der Waals surface area contributed by atoms with E-state index in [-0.39, 0.29) is 0 Å². The van der Waals surface area contributed by atoms with Crippen molar-refractivity contribution in [3.05, 3.63) is 90.4 Å². The number of anilines is 1. The first-order valence-corrected chi connectivity index (χ1v) is 10.8. The minimum atomic E-state index is 0.711. The third-order valence-corrected chi connectivity index (χ3v) is 5.73. The molecule has 1 aliphatic heterocycles. The predicted octanol–water partition coefficient (Wildman–Crippen LogP) is 3.71. The molecule has 2 aromatic heterocycles. The molecular weight excluding hydrogens is 384 g/mol. The second kappa shape index (κ2) is 9.10. The van der Waals surface area contributed by atoms with Gasteiger partial charge in [0, 0.05) is 32.7 Å². The average Bonchev–Trinajstić information content (AvgIpc) is 3.24. The van der Waals surface area contributed by atoms with Gasteiger partial charge in [-0.05, 0) is 11.1 Å². The van der Waals surface area contributed by atoms with Crippen LogP contribution in [0.1, 0.15) is 11.1 Å². The van der Waals surface area contributed by atoms with E-state index in [1.807, 2.05) is 23.0 Å². The van der Waals surface area contributed by atoms with E-state index in [1.165, 1.54) is 11.1 Å². The van der Waals surface area contributed by atoms with Gasteiger partial charge in [-0.15, -0.1) is 0 Å². The van der Waals surface area contributed by atoms with E-state index in [1.54, 1.807) is 6.33 Å². The highest BCUT2D eigenvalue weighted by atomic mass is 15.3. The summed E-state index contributed by atoms with van der Waals surface area (Å²) in [5.74, 6) is 0.990. The number of rotatable bonds is 6. The van der Waals surface area contributed by atoms with Gasteiger partial charge in [-0.25, -0.2) is 14.6 Å². The minimum absolute atomic E-state index is 0.711. The van der Waals surface area contributed by atoms with Crippen molar-refractivity contribution in [3.8, 4) is 0 Å². The molecule has 1 aliphatic rings. The Morgan fingerprint density at radius 1 is 0.839 bits per heavy atom. The van der Waals surface area contributed by atoms with E-state index in [2.05, 4.69) is 85.5 Å². The molecule has 4 aromatic rings. The van der Waals surface area contributed by atoms with Crippen LogP contribution in [0.25, 0.3) is 17.1 Å². The summed E-state index contributed by atoms with van der Waals surface area (Å²) in [6.07, 6.45) is 8.02. The summed E-state index contributed by atoms with van der Waals surface area (Å²) in [4.78, 5) is 14.0. The quantitative estimate of drug-likeness (QED) is 0.485. The van der Waals surface area contributed by atoms with E-state index in [0.29, 0.717) is 6.54 Å². The lowest BCUT2D eigenvalue weighted by molar-refractivity contribution is 0.284. The molecule has 0 unspecified atom stereocenters. The fourth-order valence-corrected chi connectivity index (χ4v) is 4.05. The van der Waals surface area contributed by atoms with Crippen molar-refractivity contribution in [1.29, 1.82) is 0 Å². The van der Waals surface area contributed by atoms with Gasteiger partial charge < -0.3 is 4.90 Å². The molecule has 6 nitrogen and oxygen atoms in total. The molecule has 0 N–H and O–H groups in total. The molecule has 1 fully saturated rings. The van der Waals surface area contributed by atoms with Crippen molar-refractivity contribution >= 4 is 22.9 Å². The number of nitrogens with zero attached hydrogens (tertiary/aromatic N) is 6. The van der Waals surface area contributed by atoms with Gasteiger partial charge in [-0.2, -0.15) is 5.10 Å². The highest BCUT2D eigenvalue weighted by molar-refractivity contribution is 5.86. The molecule has 0 bridgehead atoms. The standard InChI is InChI=1S/C25H26N6/c1-3-8-21(9-4-1)12-7-13-29-14-16-30(17-15-29)24-23-18-28-31(25(23)27-20-26-24)19-22-10-5-2-6-11-22/h1-12,18,20H,13-17,19H2/b12-7-. The number of piperazine rings is 1. The molecule has 6 heteroatoms. The van der Waals surface area contributed by atoms with Crippen molar-refractivity contribution in [2.24, 2.45) is 0 Å². The fourth-order valence-electron chi connectivity index (χ4n) is 4.05. The van der Waals surface area contributed by atoms with Gasteiger partial charge in [0.25, 0.3) is 0 Å². The van der Waals surface area contributed by atoms with Gasteiger partial charge in [0.05, 0.1) is 18.1 Å². The topological polar surface area (TPSA) is 50.1 Å². The smallest absolute Gasteiger partial charge is 0.163 e. The Bertz CT molecular complexity index is 1140. The van der Waals surface area contributed by atoms with E-state index in [9.17, 15) is 0 Å². The fraction of sp³-hybridized carbons (Fsp3) is 0.240. The summed E-state index contributed by atoms with van der Waals surface area (Å²) >= 11 is 0. The number of aromatic nitrogens is 4. The molecule has 0 radical (unpaired) electrons. The van der Waals surface area contributed by atoms with Gasteiger partial charge in [0.1, 0.15) is 12.1 Å². The van der Waals surface area contributed by atoms with Crippen LogP contribution in [0.3, 0.4) is 0 Å². The van der Waals surface area contributed by atoms with Crippen molar-refractivity contribution in [2.45, 2.75) is 6.54 Å². The van der Waals surface area contributed by atoms with Gasteiger partial charge >= 0.3 is 0 Å². The molecule has 2 aromatic carbocycles. The highest BCUT2D eigenvalue weighted by Crippen LogP contribution is 2.24. The number of benzene rings is 2. The molecule has 3 heterocycles. The molecule has 5 rings (SSSR count). The Hall–Kier alpha value is -3.51. The van der Waals surface area contributed by atoms with Crippen LogP contribution in [-0.2, 0) is 6.54 Å². The summed E-state index contributed by atoms with van der Waals surface area (Å²) in [6.45, 7) is 5.62. The normalized spacial score (nSPS) is 15.2. The Labute approximate surface area is 182 Å². The lowest BCUT2D eigenvalue weighted by Gasteiger charge is -2.35. The van der Waals surface area contributed by atoms with Crippen molar-refractivity contribution in [3.63, 3.8) is 0 Å². The van der Waals surface area contributed by atoms with Crippen LogP contribution in [0.2, 0.25) is 0 Å².